The highest BCUT2D eigenvalue weighted by molar-refractivity contribution is 7.92. The number of anilines is 2. The molecule has 2 rings (SSSR count). The zero-order valence-corrected chi connectivity index (χ0v) is 16.7. The van der Waals surface area contributed by atoms with Gasteiger partial charge in [-0.25, -0.2) is 13.2 Å². The summed E-state index contributed by atoms with van der Waals surface area (Å²) in [6, 6.07) is 8.52. The van der Waals surface area contributed by atoms with E-state index in [1.807, 2.05) is 0 Å². The van der Waals surface area contributed by atoms with Gasteiger partial charge in [0.25, 0.3) is 5.91 Å². The molecule has 0 spiro atoms. The Morgan fingerprint density at radius 2 is 1.78 bits per heavy atom. The van der Waals surface area contributed by atoms with Crippen LogP contribution in [-0.2, 0) is 14.8 Å². The predicted octanol–water partition coefficient (Wildman–Crippen LogP) is 3.79. The Morgan fingerprint density at radius 1 is 1.07 bits per heavy atom. The monoisotopic (exact) mass is 430 g/mol. The maximum atomic E-state index is 12.4. The summed E-state index contributed by atoms with van der Waals surface area (Å²) in [5.74, 6) is -1.10. The Bertz CT molecular complexity index is 993. The molecule has 0 aliphatic heterocycles. The summed E-state index contributed by atoms with van der Waals surface area (Å²) in [5.41, 5.74) is 0.822. The fourth-order valence-corrected chi connectivity index (χ4v) is 3.17. The molecule has 0 unspecified atom stereocenters. The third kappa shape index (κ3) is 5.85. The lowest BCUT2D eigenvalue weighted by atomic mass is 10.1. The third-order valence-electron chi connectivity index (χ3n) is 3.25. The number of rotatable bonds is 6. The van der Waals surface area contributed by atoms with Crippen molar-refractivity contribution in [1.82, 2.24) is 0 Å². The molecule has 27 heavy (non-hydrogen) atoms. The highest BCUT2D eigenvalue weighted by atomic mass is 35.5. The molecule has 0 aliphatic rings. The minimum atomic E-state index is -3.49. The lowest BCUT2D eigenvalue weighted by Gasteiger charge is -2.10. The number of amides is 1. The van der Waals surface area contributed by atoms with Gasteiger partial charge in [0.2, 0.25) is 10.0 Å². The lowest BCUT2D eigenvalue weighted by Crippen LogP contribution is -2.14. The third-order valence-corrected chi connectivity index (χ3v) is 4.48. The van der Waals surface area contributed by atoms with E-state index < -0.39 is 21.9 Å². The number of carbonyl (C=O) groups is 2. The van der Waals surface area contributed by atoms with E-state index in [1.165, 1.54) is 36.4 Å². The fourth-order valence-electron chi connectivity index (χ4n) is 2.11. The van der Waals surface area contributed by atoms with Crippen molar-refractivity contribution in [2.24, 2.45) is 0 Å². The van der Waals surface area contributed by atoms with E-state index in [4.69, 9.17) is 27.9 Å². The van der Waals surface area contributed by atoms with Crippen molar-refractivity contribution < 1.29 is 22.7 Å². The van der Waals surface area contributed by atoms with E-state index in [9.17, 15) is 18.0 Å². The Labute approximate surface area is 166 Å². The molecule has 7 nitrogen and oxygen atoms in total. The van der Waals surface area contributed by atoms with Crippen molar-refractivity contribution in [2.45, 2.75) is 6.92 Å². The fraction of sp³-hybridized carbons (Fsp3) is 0.176. The molecule has 0 aliphatic carbocycles. The van der Waals surface area contributed by atoms with E-state index in [0.717, 1.165) is 6.26 Å². The summed E-state index contributed by atoms with van der Waals surface area (Å²) >= 11 is 12.0. The summed E-state index contributed by atoms with van der Waals surface area (Å²) in [7, 11) is -3.49. The number of hydrogen-bond donors (Lipinski definition) is 2. The molecule has 10 heteroatoms. The Morgan fingerprint density at radius 3 is 2.37 bits per heavy atom. The van der Waals surface area contributed by atoms with Crippen LogP contribution in [0.15, 0.2) is 36.4 Å². The number of nitrogens with one attached hydrogen (secondary N) is 2. The predicted molar refractivity (Wildman–Crippen MR) is 105 cm³/mol. The zero-order valence-electron chi connectivity index (χ0n) is 14.4. The Kier molecular flexibility index (Phi) is 6.69. The van der Waals surface area contributed by atoms with Crippen LogP contribution in [0.4, 0.5) is 11.4 Å². The number of hydrogen-bond acceptors (Lipinski definition) is 5. The summed E-state index contributed by atoms with van der Waals surface area (Å²) < 4.78 is 29.7. The maximum absolute atomic E-state index is 12.4. The molecule has 0 fully saturated rings. The average Bonchev–Trinajstić information content (AvgIpc) is 2.57. The first-order valence-electron chi connectivity index (χ1n) is 7.66. The first-order chi connectivity index (χ1) is 12.6. The van der Waals surface area contributed by atoms with Crippen LogP contribution < -0.4 is 10.0 Å². The molecule has 144 valence electrons. The first-order valence-corrected chi connectivity index (χ1v) is 10.3. The van der Waals surface area contributed by atoms with Crippen LogP contribution in [-0.4, -0.2) is 33.2 Å². The van der Waals surface area contributed by atoms with Gasteiger partial charge in [-0.3, -0.25) is 9.52 Å². The van der Waals surface area contributed by atoms with Gasteiger partial charge in [0.05, 0.1) is 34.2 Å². The summed E-state index contributed by atoms with van der Waals surface area (Å²) in [6.07, 6.45) is 0.992. The molecule has 0 atom stereocenters. The van der Waals surface area contributed by atoms with Gasteiger partial charge in [0, 0.05) is 11.3 Å². The van der Waals surface area contributed by atoms with Gasteiger partial charge in [-0.05, 0) is 43.3 Å². The molecule has 0 heterocycles. The topological polar surface area (TPSA) is 102 Å². The SMILES string of the molecule is CCOC(=O)c1cc(NC(=O)c2ccc(NS(C)(=O)=O)c(Cl)c2)ccc1Cl. The largest absolute Gasteiger partial charge is 0.462 e. The van der Waals surface area contributed by atoms with E-state index in [2.05, 4.69) is 10.0 Å². The molecule has 0 bridgehead atoms. The molecule has 0 radical (unpaired) electrons. The second-order valence-corrected chi connectivity index (χ2v) is 8.00. The molecular weight excluding hydrogens is 415 g/mol. The van der Waals surface area contributed by atoms with Gasteiger partial charge in [0.1, 0.15) is 0 Å². The van der Waals surface area contributed by atoms with E-state index in [1.54, 1.807) is 6.92 Å². The van der Waals surface area contributed by atoms with E-state index >= 15 is 0 Å². The second kappa shape index (κ2) is 8.60. The molecule has 1 amide bonds. The number of carbonyl (C=O) groups excluding carboxylic acids is 2. The van der Waals surface area contributed by atoms with E-state index in [-0.39, 0.29) is 33.5 Å². The van der Waals surface area contributed by atoms with Crippen LogP contribution in [0.25, 0.3) is 0 Å². The zero-order chi connectivity index (χ0) is 20.2. The molecule has 2 aromatic carbocycles. The number of ether oxygens (including phenoxy) is 1. The van der Waals surface area contributed by atoms with Crippen molar-refractivity contribution in [3.8, 4) is 0 Å². The molecular formula is C17H16Cl2N2O5S. The summed E-state index contributed by atoms with van der Waals surface area (Å²) in [6.45, 7) is 1.86. The standard InChI is InChI=1S/C17H16Cl2N2O5S/c1-3-26-17(23)12-9-11(5-6-13(12)18)20-16(22)10-4-7-15(14(19)8-10)21-27(2,24)25/h4-9,21H,3H2,1-2H3,(H,20,22). The first kappa shape index (κ1) is 21.0. The van der Waals surface area contributed by atoms with Gasteiger partial charge < -0.3 is 10.1 Å². The van der Waals surface area contributed by atoms with E-state index in [0.29, 0.717) is 5.69 Å². The molecule has 0 saturated carbocycles. The highest BCUT2D eigenvalue weighted by Gasteiger charge is 2.15. The van der Waals surface area contributed by atoms with Gasteiger partial charge in [-0.15, -0.1) is 0 Å². The lowest BCUT2D eigenvalue weighted by molar-refractivity contribution is 0.0526. The number of sulfonamides is 1. The summed E-state index contributed by atoms with van der Waals surface area (Å²) in [4.78, 5) is 24.3. The van der Waals surface area contributed by atoms with Crippen molar-refractivity contribution in [3.05, 3.63) is 57.6 Å². The van der Waals surface area contributed by atoms with Crippen molar-refractivity contribution in [3.63, 3.8) is 0 Å². The van der Waals surface area contributed by atoms with Crippen LogP contribution in [0.2, 0.25) is 10.0 Å². The Hall–Kier alpha value is -2.29. The number of halogens is 2. The van der Waals surface area contributed by atoms with Crippen molar-refractivity contribution in [2.75, 3.05) is 22.9 Å². The van der Waals surface area contributed by atoms with Crippen LogP contribution in [0, 0.1) is 0 Å². The van der Waals surface area contributed by atoms with Gasteiger partial charge >= 0.3 is 5.97 Å². The number of esters is 1. The average molecular weight is 431 g/mol. The number of benzene rings is 2. The highest BCUT2D eigenvalue weighted by Crippen LogP contribution is 2.25. The Balaban J connectivity index is 2.21. The van der Waals surface area contributed by atoms with Crippen molar-refractivity contribution in [1.29, 1.82) is 0 Å². The van der Waals surface area contributed by atoms with Crippen LogP contribution in [0.5, 0.6) is 0 Å². The molecule has 0 aromatic heterocycles. The summed E-state index contributed by atoms with van der Waals surface area (Å²) in [5, 5.41) is 2.88. The molecule has 0 saturated heterocycles. The minimum absolute atomic E-state index is 0.0661. The molecule has 2 N–H and O–H groups in total. The smallest absolute Gasteiger partial charge is 0.339 e. The van der Waals surface area contributed by atoms with Crippen LogP contribution in [0.3, 0.4) is 0 Å². The van der Waals surface area contributed by atoms with Gasteiger partial charge in [0.15, 0.2) is 0 Å². The maximum Gasteiger partial charge on any atom is 0.339 e. The second-order valence-electron chi connectivity index (χ2n) is 5.44. The normalized spacial score (nSPS) is 11.0. The van der Waals surface area contributed by atoms with Crippen molar-refractivity contribution >= 4 is 56.5 Å². The van der Waals surface area contributed by atoms with Crippen LogP contribution >= 0.6 is 23.2 Å². The molecule has 2 aromatic rings. The quantitative estimate of drug-likeness (QED) is 0.678. The van der Waals surface area contributed by atoms with Gasteiger partial charge in [-0.1, -0.05) is 23.2 Å². The van der Waals surface area contributed by atoms with Crippen LogP contribution in [0.1, 0.15) is 27.6 Å². The minimum Gasteiger partial charge on any atom is -0.462 e. The van der Waals surface area contributed by atoms with Gasteiger partial charge in [-0.2, -0.15) is 0 Å².